The first-order valence-corrected chi connectivity index (χ1v) is 13.4. The van der Waals surface area contributed by atoms with Crippen LogP contribution in [0.4, 0.5) is 0 Å². The monoisotopic (exact) mass is 402 g/mol. The van der Waals surface area contributed by atoms with Crippen molar-refractivity contribution in [3.63, 3.8) is 0 Å². The van der Waals surface area contributed by atoms with E-state index in [9.17, 15) is 4.79 Å². The Balaban J connectivity index is 2.29. The van der Waals surface area contributed by atoms with Crippen molar-refractivity contribution < 1.29 is 14.0 Å². The van der Waals surface area contributed by atoms with E-state index < -0.39 is 13.9 Å². The molecular weight excluding hydrogens is 364 g/mol. The van der Waals surface area contributed by atoms with Crippen molar-refractivity contribution in [1.82, 2.24) is 0 Å². The van der Waals surface area contributed by atoms with Crippen molar-refractivity contribution in [3.8, 4) is 5.75 Å². The van der Waals surface area contributed by atoms with E-state index in [1.807, 2.05) is 32.9 Å². The van der Waals surface area contributed by atoms with Crippen molar-refractivity contribution in [2.24, 2.45) is 0 Å². The largest absolute Gasteiger partial charge is 0.543 e. The molecule has 1 aromatic carbocycles. The van der Waals surface area contributed by atoms with Crippen LogP contribution in [0.1, 0.15) is 84.3 Å². The van der Waals surface area contributed by atoms with Crippen LogP contribution in [0.3, 0.4) is 0 Å². The molecule has 0 unspecified atom stereocenters. The van der Waals surface area contributed by atoms with Gasteiger partial charge in [0.05, 0.1) is 0 Å². The molecule has 28 heavy (non-hydrogen) atoms. The van der Waals surface area contributed by atoms with Gasteiger partial charge in [-0.25, -0.2) is 4.79 Å². The van der Waals surface area contributed by atoms with Gasteiger partial charge in [0, 0.05) is 6.08 Å². The molecule has 3 nitrogen and oxygen atoms in total. The number of carbonyl (C=O) groups excluding carboxylic acids is 1. The number of esters is 1. The van der Waals surface area contributed by atoms with E-state index >= 15 is 0 Å². The fourth-order valence-electron chi connectivity index (χ4n) is 3.25. The number of hydrogen-bond donors (Lipinski definition) is 0. The number of carbonyl (C=O) groups is 1. The van der Waals surface area contributed by atoms with Gasteiger partial charge in [-0.1, -0.05) is 39.7 Å². The van der Waals surface area contributed by atoms with Crippen LogP contribution in [0.25, 0.3) is 6.08 Å². The Bertz CT molecular complexity index is 714. The third kappa shape index (κ3) is 6.23. The topological polar surface area (TPSA) is 35.5 Å². The maximum absolute atomic E-state index is 12.0. The Morgan fingerprint density at radius 1 is 1.07 bits per heavy atom. The van der Waals surface area contributed by atoms with Crippen molar-refractivity contribution in [2.45, 2.75) is 96.9 Å². The summed E-state index contributed by atoms with van der Waals surface area (Å²) in [7, 11) is -1.90. The van der Waals surface area contributed by atoms with Crippen LogP contribution in [-0.4, -0.2) is 19.9 Å². The van der Waals surface area contributed by atoms with E-state index in [-0.39, 0.29) is 11.0 Å². The normalized spacial score (nSPS) is 16.6. The van der Waals surface area contributed by atoms with Gasteiger partial charge >= 0.3 is 5.97 Å². The second kappa shape index (κ2) is 8.44. The molecule has 1 aromatic rings. The number of hydrogen-bond acceptors (Lipinski definition) is 3. The predicted molar refractivity (Wildman–Crippen MR) is 120 cm³/mol. The minimum atomic E-state index is -1.90. The third-order valence-corrected chi connectivity index (χ3v) is 10.2. The molecule has 1 fully saturated rings. The summed E-state index contributed by atoms with van der Waals surface area (Å²) in [6, 6.07) is 6.35. The van der Waals surface area contributed by atoms with Gasteiger partial charge < -0.3 is 9.16 Å². The molecule has 1 aliphatic carbocycles. The molecule has 156 valence electrons. The average Bonchev–Trinajstić information content (AvgIpc) is 3.05. The van der Waals surface area contributed by atoms with Gasteiger partial charge in [-0.3, -0.25) is 0 Å². The van der Waals surface area contributed by atoms with Crippen LogP contribution in [0.15, 0.2) is 24.3 Å². The zero-order valence-electron chi connectivity index (χ0n) is 19.0. The Labute approximate surface area is 172 Å². The van der Waals surface area contributed by atoms with Gasteiger partial charge in [-0.15, -0.1) is 0 Å². The quantitative estimate of drug-likeness (QED) is 0.300. The van der Waals surface area contributed by atoms with Crippen molar-refractivity contribution in [1.29, 1.82) is 0 Å². The summed E-state index contributed by atoms with van der Waals surface area (Å²) in [6.45, 7) is 17.0. The Hall–Kier alpha value is -1.55. The molecule has 0 N–H and O–H groups in total. The molecule has 2 rings (SSSR count). The third-order valence-electron chi connectivity index (χ3n) is 5.82. The summed E-state index contributed by atoms with van der Waals surface area (Å²) >= 11 is 0. The van der Waals surface area contributed by atoms with Crippen molar-refractivity contribution in [3.05, 3.63) is 35.4 Å². The predicted octanol–water partition coefficient (Wildman–Crippen LogP) is 7.08. The lowest BCUT2D eigenvalue weighted by Gasteiger charge is -2.37. The van der Waals surface area contributed by atoms with Crippen LogP contribution in [0, 0.1) is 0 Å². The highest BCUT2D eigenvalue weighted by Crippen LogP contribution is 2.43. The summed E-state index contributed by atoms with van der Waals surface area (Å²) in [6.07, 6.45) is 8.36. The highest BCUT2D eigenvalue weighted by molar-refractivity contribution is 6.74. The molecule has 0 spiro atoms. The Morgan fingerprint density at radius 3 is 2.21 bits per heavy atom. The van der Waals surface area contributed by atoms with E-state index in [4.69, 9.17) is 9.16 Å². The van der Waals surface area contributed by atoms with Gasteiger partial charge in [-0.2, -0.15) is 0 Å². The Kier molecular flexibility index (Phi) is 6.85. The van der Waals surface area contributed by atoms with E-state index in [1.54, 1.807) is 0 Å². The standard InChI is InChI=1S/C24H38O3Si/c1-23(2,3)26-22(25)16-14-18-13-15-21(27-28(7,8)24(4,5)6)20(17-18)19-11-9-10-12-19/h13-17,19H,9-12H2,1-8H3. The molecule has 0 aliphatic heterocycles. The molecule has 0 radical (unpaired) electrons. The molecule has 0 bridgehead atoms. The fraction of sp³-hybridized carbons (Fsp3) is 0.625. The smallest absolute Gasteiger partial charge is 0.331 e. The van der Waals surface area contributed by atoms with Gasteiger partial charge in [-0.05, 0) is 87.0 Å². The second-order valence-corrected chi connectivity index (χ2v) is 15.2. The molecule has 0 atom stereocenters. The minimum Gasteiger partial charge on any atom is -0.543 e. The lowest BCUT2D eigenvalue weighted by atomic mass is 9.95. The van der Waals surface area contributed by atoms with E-state index in [2.05, 4.69) is 46.0 Å². The zero-order chi connectivity index (χ0) is 21.2. The molecule has 1 aliphatic rings. The van der Waals surface area contributed by atoms with Gasteiger partial charge in [0.1, 0.15) is 11.4 Å². The highest BCUT2D eigenvalue weighted by Gasteiger charge is 2.39. The summed E-state index contributed by atoms with van der Waals surface area (Å²) in [5.74, 6) is 1.28. The summed E-state index contributed by atoms with van der Waals surface area (Å²) in [4.78, 5) is 12.0. The summed E-state index contributed by atoms with van der Waals surface area (Å²) in [5, 5.41) is 0.162. The van der Waals surface area contributed by atoms with Crippen molar-refractivity contribution in [2.75, 3.05) is 0 Å². The second-order valence-electron chi connectivity index (χ2n) is 10.5. The SMILES string of the molecule is CC(C)(C)OC(=O)C=Cc1ccc(O[Si](C)(C)C(C)(C)C)c(C2CCCC2)c1. The van der Waals surface area contributed by atoms with Crippen molar-refractivity contribution >= 4 is 20.4 Å². The van der Waals surface area contributed by atoms with Gasteiger partial charge in [0.25, 0.3) is 0 Å². The first kappa shape index (κ1) is 22.7. The maximum atomic E-state index is 12.0. The van der Waals surface area contributed by atoms with Gasteiger partial charge in [0.15, 0.2) is 0 Å². The van der Waals surface area contributed by atoms with Crippen LogP contribution in [0.5, 0.6) is 5.75 Å². The molecule has 0 aromatic heterocycles. The number of benzene rings is 1. The number of rotatable bonds is 5. The molecule has 0 heterocycles. The molecule has 0 amide bonds. The minimum absolute atomic E-state index is 0.162. The molecule has 0 saturated heterocycles. The van der Waals surface area contributed by atoms with Crippen LogP contribution in [0.2, 0.25) is 18.1 Å². The lowest BCUT2D eigenvalue weighted by Crippen LogP contribution is -2.44. The summed E-state index contributed by atoms with van der Waals surface area (Å²) < 4.78 is 12.1. The Morgan fingerprint density at radius 2 is 1.68 bits per heavy atom. The molecule has 1 saturated carbocycles. The molecule has 4 heteroatoms. The highest BCUT2D eigenvalue weighted by atomic mass is 28.4. The maximum Gasteiger partial charge on any atom is 0.331 e. The van der Waals surface area contributed by atoms with Crippen LogP contribution >= 0.6 is 0 Å². The van der Waals surface area contributed by atoms with E-state index in [1.165, 1.54) is 37.3 Å². The first-order chi connectivity index (χ1) is 12.8. The van der Waals surface area contributed by atoms with E-state index in [0.717, 1.165) is 11.3 Å². The fourth-order valence-corrected chi connectivity index (χ4v) is 4.29. The zero-order valence-corrected chi connectivity index (χ0v) is 20.0. The average molecular weight is 403 g/mol. The van der Waals surface area contributed by atoms with Crippen LogP contribution < -0.4 is 4.43 Å². The first-order valence-electron chi connectivity index (χ1n) is 10.5. The van der Waals surface area contributed by atoms with Gasteiger partial charge in [0.2, 0.25) is 8.32 Å². The lowest BCUT2D eigenvalue weighted by molar-refractivity contribution is -0.148. The molecular formula is C24H38O3Si. The van der Waals surface area contributed by atoms with E-state index in [0.29, 0.717) is 5.92 Å². The summed E-state index contributed by atoms with van der Waals surface area (Å²) in [5.41, 5.74) is 1.85. The van der Waals surface area contributed by atoms with Crippen LogP contribution in [-0.2, 0) is 9.53 Å². The number of ether oxygens (including phenoxy) is 1.